The van der Waals surface area contributed by atoms with E-state index in [0.717, 1.165) is 36.9 Å². The van der Waals surface area contributed by atoms with Crippen LogP contribution in [0.2, 0.25) is 0 Å². The number of nitrogens with zero attached hydrogens (tertiary/aromatic N) is 2. The summed E-state index contributed by atoms with van der Waals surface area (Å²) in [7, 11) is 0. The zero-order valence-electron chi connectivity index (χ0n) is 10.8. The molecule has 0 saturated heterocycles. The lowest BCUT2D eigenvalue weighted by Gasteiger charge is -2.05. The number of aryl methyl sites for hydroxylation is 2. The standard InChI is InChI=1S/C14H19N5/c15-12-7-5-10(6-8-12)3-1-2-4-11-9-18-14(17)19-13(11)16/h5-9H,1-4,15H2,(H4,16,17,18,19). The van der Waals surface area contributed by atoms with Crippen molar-refractivity contribution in [1.29, 1.82) is 0 Å². The van der Waals surface area contributed by atoms with Gasteiger partial charge in [-0.2, -0.15) is 4.98 Å². The number of nitrogens with two attached hydrogens (primary N) is 3. The Labute approximate surface area is 112 Å². The second-order valence-electron chi connectivity index (χ2n) is 4.59. The minimum absolute atomic E-state index is 0.225. The maximum atomic E-state index is 5.79. The average Bonchev–Trinajstić information content (AvgIpc) is 2.39. The number of rotatable bonds is 5. The zero-order chi connectivity index (χ0) is 13.7. The first-order valence-corrected chi connectivity index (χ1v) is 6.36. The summed E-state index contributed by atoms with van der Waals surface area (Å²) in [6.07, 6.45) is 5.76. The van der Waals surface area contributed by atoms with Crippen molar-refractivity contribution in [2.75, 3.05) is 17.2 Å². The lowest BCUT2D eigenvalue weighted by atomic mass is 10.0. The summed E-state index contributed by atoms with van der Waals surface area (Å²) in [5.41, 5.74) is 20.0. The van der Waals surface area contributed by atoms with E-state index >= 15 is 0 Å². The first-order chi connectivity index (χ1) is 9.15. The summed E-state index contributed by atoms with van der Waals surface area (Å²) in [6, 6.07) is 7.99. The van der Waals surface area contributed by atoms with Crippen molar-refractivity contribution in [2.24, 2.45) is 0 Å². The third-order valence-corrected chi connectivity index (χ3v) is 3.06. The van der Waals surface area contributed by atoms with E-state index in [1.165, 1.54) is 5.56 Å². The van der Waals surface area contributed by atoms with E-state index in [0.29, 0.717) is 5.82 Å². The first-order valence-electron chi connectivity index (χ1n) is 6.36. The molecular formula is C14H19N5. The molecule has 1 aromatic carbocycles. The molecule has 5 heteroatoms. The summed E-state index contributed by atoms with van der Waals surface area (Å²) < 4.78 is 0. The van der Waals surface area contributed by atoms with Crippen LogP contribution in [0, 0.1) is 0 Å². The second kappa shape index (κ2) is 6.04. The normalized spacial score (nSPS) is 10.5. The van der Waals surface area contributed by atoms with E-state index in [1.54, 1.807) is 6.20 Å². The van der Waals surface area contributed by atoms with Gasteiger partial charge in [0.1, 0.15) is 5.82 Å². The molecule has 0 aliphatic carbocycles. The zero-order valence-corrected chi connectivity index (χ0v) is 10.8. The number of anilines is 3. The monoisotopic (exact) mass is 257 g/mol. The van der Waals surface area contributed by atoms with E-state index in [2.05, 4.69) is 22.1 Å². The SMILES string of the molecule is Nc1ccc(CCCCc2cnc(N)nc2N)cc1. The average molecular weight is 257 g/mol. The maximum absolute atomic E-state index is 5.79. The predicted octanol–water partition coefficient (Wildman–Crippen LogP) is 1.79. The smallest absolute Gasteiger partial charge is 0.221 e. The van der Waals surface area contributed by atoms with Gasteiger partial charge in [-0.15, -0.1) is 0 Å². The summed E-state index contributed by atoms with van der Waals surface area (Å²) in [6.45, 7) is 0. The minimum Gasteiger partial charge on any atom is -0.399 e. The van der Waals surface area contributed by atoms with Gasteiger partial charge < -0.3 is 17.2 Å². The Bertz CT molecular complexity index is 536. The van der Waals surface area contributed by atoms with Crippen molar-refractivity contribution in [3.05, 3.63) is 41.6 Å². The van der Waals surface area contributed by atoms with E-state index in [-0.39, 0.29) is 5.95 Å². The molecule has 0 aliphatic rings. The lowest BCUT2D eigenvalue weighted by molar-refractivity contribution is 0.732. The second-order valence-corrected chi connectivity index (χ2v) is 4.59. The molecule has 6 N–H and O–H groups in total. The highest BCUT2D eigenvalue weighted by Crippen LogP contribution is 2.14. The molecule has 0 amide bonds. The van der Waals surface area contributed by atoms with Crippen molar-refractivity contribution in [3.63, 3.8) is 0 Å². The van der Waals surface area contributed by atoms with E-state index in [4.69, 9.17) is 17.2 Å². The van der Waals surface area contributed by atoms with Gasteiger partial charge in [-0.25, -0.2) is 4.98 Å². The minimum atomic E-state index is 0.225. The molecule has 0 fully saturated rings. The van der Waals surface area contributed by atoms with Crippen LogP contribution in [-0.4, -0.2) is 9.97 Å². The highest BCUT2D eigenvalue weighted by atomic mass is 15.0. The molecule has 2 rings (SSSR count). The first kappa shape index (κ1) is 13.1. The fraction of sp³-hybridized carbons (Fsp3) is 0.286. The Morgan fingerprint density at radius 1 is 0.895 bits per heavy atom. The van der Waals surface area contributed by atoms with Gasteiger partial charge in [-0.3, -0.25) is 0 Å². The summed E-state index contributed by atoms with van der Waals surface area (Å²) in [5, 5.41) is 0. The molecule has 100 valence electrons. The van der Waals surface area contributed by atoms with Crippen molar-refractivity contribution >= 4 is 17.5 Å². The third-order valence-electron chi connectivity index (χ3n) is 3.06. The summed E-state index contributed by atoms with van der Waals surface area (Å²) >= 11 is 0. The van der Waals surface area contributed by atoms with E-state index in [9.17, 15) is 0 Å². The van der Waals surface area contributed by atoms with E-state index in [1.807, 2.05) is 12.1 Å². The van der Waals surface area contributed by atoms with Gasteiger partial charge in [0.05, 0.1) is 0 Å². The van der Waals surface area contributed by atoms with Gasteiger partial charge >= 0.3 is 0 Å². The van der Waals surface area contributed by atoms with Crippen LogP contribution in [0.5, 0.6) is 0 Å². The van der Waals surface area contributed by atoms with Gasteiger partial charge in [-0.05, 0) is 43.4 Å². The van der Waals surface area contributed by atoms with Gasteiger partial charge in [0.15, 0.2) is 0 Å². The molecule has 5 nitrogen and oxygen atoms in total. The molecule has 0 aliphatic heterocycles. The molecule has 1 aromatic heterocycles. The van der Waals surface area contributed by atoms with Crippen molar-refractivity contribution < 1.29 is 0 Å². The highest BCUT2D eigenvalue weighted by Gasteiger charge is 2.02. The molecule has 0 spiro atoms. The van der Waals surface area contributed by atoms with Crippen molar-refractivity contribution in [2.45, 2.75) is 25.7 Å². The van der Waals surface area contributed by atoms with Gasteiger partial charge in [0.25, 0.3) is 0 Å². The van der Waals surface area contributed by atoms with Crippen molar-refractivity contribution in [3.8, 4) is 0 Å². The van der Waals surface area contributed by atoms with Gasteiger partial charge in [0, 0.05) is 17.4 Å². The Kier molecular flexibility index (Phi) is 4.18. The van der Waals surface area contributed by atoms with Crippen molar-refractivity contribution in [1.82, 2.24) is 9.97 Å². The molecule has 0 bridgehead atoms. The highest BCUT2D eigenvalue weighted by molar-refractivity contribution is 5.41. The largest absolute Gasteiger partial charge is 0.399 e. The van der Waals surface area contributed by atoms with Crippen LogP contribution in [0.15, 0.2) is 30.5 Å². The molecule has 0 radical (unpaired) electrons. The molecular weight excluding hydrogens is 238 g/mol. The lowest BCUT2D eigenvalue weighted by Crippen LogP contribution is -2.03. The number of unbranched alkanes of at least 4 members (excludes halogenated alkanes) is 1. The number of benzene rings is 1. The summed E-state index contributed by atoms with van der Waals surface area (Å²) in [4.78, 5) is 7.91. The third kappa shape index (κ3) is 3.84. The fourth-order valence-corrected chi connectivity index (χ4v) is 1.96. The van der Waals surface area contributed by atoms with Gasteiger partial charge in [0.2, 0.25) is 5.95 Å². The Morgan fingerprint density at radius 2 is 1.58 bits per heavy atom. The van der Waals surface area contributed by atoms with Crippen LogP contribution in [-0.2, 0) is 12.8 Å². The molecule has 1 heterocycles. The topological polar surface area (TPSA) is 104 Å². The number of hydrogen-bond acceptors (Lipinski definition) is 5. The Hall–Kier alpha value is -2.30. The molecule has 0 atom stereocenters. The van der Waals surface area contributed by atoms with Crippen LogP contribution in [0.4, 0.5) is 17.5 Å². The molecule has 19 heavy (non-hydrogen) atoms. The Balaban J connectivity index is 1.79. The fourth-order valence-electron chi connectivity index (χ4n) is 1.96. The Morgan fingerprint density at radius 3 is 2.26 bits per heavy atom. The number of nitrogen functional groups attached to an aromatic ring is 3. The summed E-state index contributed by atoms with van der Waals surface area (Å²) in [5.74, 6) is 0.711. The maximum Gasteiger partial charge on any atom is 0.221 e. The molecule has 0 unspecified atom stereocenters. The van der Waals surface area contributed by atoms with Crippen LogP contribution in [0.3, 0.4) is 0 Å². The van der Waals surface area contributed by atoms with Crippen LogP contribution in [0.1, 0.15) is 24.0 Å². The predicted molar refractivity (Wildman–Crippen MR) is 78.4 cm³/mol. The molecule has 0 saturated carbocycles. The van der Waals surface area contributed by atoms with Crippen LogP contribution in [0.25, 0.3) is 0 Å². The molecule has 2 aromatic rings. The van der Waals surface area contributed by atoms with Crippen LogP contribution >= 0.6 is 0 Å². The quantitative estimate of drug-likeness (QED) is 0.559. The number of hydrogen-bond donors (Lipinski definition) is 3. The van der Waals surface area contributed by atoms with Gasteiger partial charge in [-0.1, -0.05) is 12.1 Å². The number of aromatic nitrogens is 2. The van der Waals surface area contributed by atoms with E-state index < -0.39 is 0 Å². The van der Waals surface area contributed by atoms with Crippen LogP contribution < -0.4 is 17.2 Å².